The summed E-state index contributed by atoms with van der Waals surface area (Å²) in [5, 5.41) is 3.28. The number of halogens is 1. The molecule has 1 atom stereocenters. The number of aryl methyl sites for hydroxylation is 1. The first-order valence-electron chi connectivity index (χ1n) is 12.5. The maximum Gasteiger partial charge on any atom is 0.264 e. The van der Waals surface area contributed by atoms with E-state index in [0.717, 1.165) is 9.87 Å². The molecule has 0 saturated heterocycles. The summed E-state index contributed by atoms with van der Waals surface area (Å²) in [6.07, 6.45) is 0. The molecule has 39 heavy (non-hydrogen) atoms. The van der Waals surface area contributed by atoms with Crippen LogP contribution in [0.5, 0.6) is 5.75 Å². The number of amides is 2. The monoisotopic (exact) mass is 571 g/mol. The molecule has 0 radical (unpaired) electrons. The summed E-state index contributed by atoms with van der Waals surface area (Å²) in [7, 11) is -2.58. The molecule has 0 fully saturated rings. The number of carbonyl (C=O) groups is 2. The molecular weight excluding hydrogens is 538 g/mol. The topological polar surface area (TPSA) is 96.0 Å². The average Bonchev–Trinajstić information content (AvgIpc) is 2.90. The fraction of sp³-hybridized carbons (Fsp3) is 0.310. The van der Waals surface area contributed by atoms with Gasteiger partial charge in [0.2, 0.25) is 11.8 Å². The van der Waals surface area contributed by atoms with E-state index in [0.29, 0.717) is 22.0 Å². The standard InChI is InChI=1S/C29H34ClN3O5S/c1-20(2)31-29(35)22(4)32(18-23-11-14-25(38-5)15-12-23)28(34)19-33(27-16-13-24(30)17-21(27)3)39(36,37)26-9-7-6-8-10-26/h6-17,20,22H,18-19H2,1-5H3,(H,31,35). The minimum Gasteiger partial charge on any atom is -0.497 e. The SMILES string of the molecule is COc1ccc(CN(C(=O)CN(c2ccc(Cl)cc2C)S(=O)(=O)c2ccccc2)C(C)C(=O)NC(C)C)cc1. The molecule has 0 spiro atoms. The van der Waals surface area contributed by atoms with Gasteiger partial charge in [0.1, 0.15) is 18.3 Å². The van der Waals surface area contributed by atoms with Gasteiger partial charge in [0, 0.05) is 17.6 Å². The summed E-state index contributed by atoms with van der Waals surface area (Å²) < 4.78 is 34.0. The van der Waals surface area contributed by atoms with Gasteiger partial charge in [-0.25, -0.2) is 8.42 Å². The Balaban J connectivity index is 2.04. The van der Waals surface area contributed by atoms with Crippen molar-refractivity contribution in [3.8, 4) is 5.75 Å². The van der Waals surface area contributed by atoms with Crippen LogP contribution in [0.1, 0.15) is 31.9 Å². The first-order valence-corrected chi connectivity index (χ1v) is 14.3. The van der Waals surface area contributed by atoms with Gasteiger partial charge in [-0.15, -0.1) is 0 Å². The van der Waals surface area contributed by atoms with Gasteiger partial charge in [-0.2, -0.15) is 0 Å². The Bertz CT molecular complexity index is 1400. The minimum absolute atomic E-state index is 0.0412. The van der Waals surface area contributed by atoms with Crippen LogP contribution in [-0.2, 0) is 26.2 Å². The molecule has 0 aliphatic carbocycles. The van der Waals surface area contributed by atoms with Crippen molar-refractivity contribution in [1.82, 2.24) is 10.2 Å². The van der Waals surface area contributed by atoms with Crippen LogP contribution in [0.3, 0.4) is 0 Å². The molecule has 0 saturated carbocycles. The fourth-order valence-electron chi connectivity index (χ4n) is 4.05. The van der Waals surface area contributed by atoms with Gasteiger partial charge in [-0.3, -0.25) is 13.9 Å². The third-order valence-corrected chi connectivity index (χ3v) is 8.16. The summed E-state index contributed by atoms with van der Waals surface area (Å²) in [6.45, 7) is 6.59. The van der Waals surface area contributed by atoms with Crippen molar-refractivity contribution in [2.75, 3.05) is 18.0 Å². The van der Waals surface area contributed by atoms with Crippen LogP contribution < -0.4 is 14.4 Å². The highest BCUT2D eigenvalue weighted by Gasteiger charge is 2.33. The Morgan fingerprint density at radius 3 is 2.18 bits per heavy atom. The maximum atomic E-state index is 13.9. The predicted molar refractivity (Wildman–Crippen MR) is 153 cm³/mol. The Kier molecular flexibility index (Phi) is 9.99. The molecular formula is C29H34ClN3O5S. The van der Waals surface area contributed by atoms with Crippen LogP contribution in [0.25, 0.3) is 0 Å². The number of hydrogen-bond acceptors (Lipinski definition) is 5. The van der Waals surface area contributed by atoms with E-state index < -0.39 is 28.5 Å². The second-order valence-electron chi connectivity index (χ2n) is 9.46. The first-order chi connectivity index (χ1) is 18.4. The van der Waals surface area contributed by atoms with Gasteiger partial charge in [-0.1, -0.05) is 41.9 Å². The molecule has 0 aliphatic heterocycles. The van der Waals surface area contributed by atoms with Crippen molar-refractivity contribution in [3.05, 3.63) is 88.9 Å². The van der Waals surface area contributed by atoms with Crippen molar-refractivity contribution < 1.29 is 22.7 Å². The van der Waals surface area contributed by atoms with E-state index in [1.807, 2.05) is 13.8 Å². The molecule has 0 bridgehead atoms. The lowest BCUT2D eigenvalue weighted by atomic mass is 10.1. The number of carbonyl (C=O) groups excluding carboxylic acids is 2. The van der Waals surface area contributed by atoms with Crippen LogP contribution in [0.15, 0.2) is 77.7 Å². The Morgan fingerprint density at radius 2 is 1.62 bits per heavy atom. The van der Waals surface area contributed by atoms with E-state index in [1.165, 1.54) is 17.0 Å². The molecule has 3 rings (SSSR count). The molecule has 8 nitrogen and oxygen atoms in total. The van der Waals surface area contributed by atoms with E-state index in [9.17, 15) is 18.0 Å². The number of hydrogen-bond donors (Lipinski definition) is 1. The van der Waals surface area contributed by atoms with E-state index >= 15 is 0 Å². The molecule has 10 heteroatoms. The van der Waals surface area contributed by atoms with E-state index in [2.05, 4.69) is 5.32 Å². The number of anilines is 1. The predicted octanol–water partition coefficient (Wildman–Crippen LogP) is 4.79. The van der Waals surface area contributed by atoms with Crippen LogP contribution in [0.4, 0.5) is 5.69 Å². The zero-order valence-electron chi connectivity index (χ0n) is 22.7. The molecule has 3 aromatic rings. The molecule has 0 heterocycles. The van der Waals surface area contributed by atoms with Crippen LogP contribution >= 0.6 is 11.6 Å². The second-order valence-corrected chi connectivity index (χ2v) is 11.8. The highest BCUT2D eigenvalue weighted by Crippen LogP contribution is 2.29. The number of sulfonamides is 1. The van der Waals surface area contributed by atoms with E-state index in [1.54, 1.807) is 81.6 Å². The van der Waals surface area contributed by atoms with Gasteiger partial charge >= 0.3 is 0 Å². The van der Waals surface area contributed by atoms with Gasteiger partial charge < -0.3 is 15.0 Å². The Labute approximate surface area is 235 Å². The Hall–Kier alpha value is -3.56. The van der Waals surface area contributed by atoms with Crippen molar-refractivity contribution in [2.45, 2.75) is 51.2 Å². The lowest BCUT2D eigenvalue weighted by molar-refractivity contribution is -0.139. The van der Waals surface area contributed by atoms with Crippen molar-refractivity contribution in [3.63, 3.8) is 0 Å². The lowest BCUT2D eigenvalue weighted by Crippen LogP contribution is -2.52. The zero-order valence-corrected chi connectivity index (χ0v) is 24.3. The zero-order chi connectivity index (χ0) is 28.7. The van der Waals surface area contributed by atoms with Crippen molar-refractivity contribution >= 4 is 39.1 Å². The summed E-state index contributed by atoms with van der Waals surface area (Å²) in [5.74, 6) is -0.223. The van der Waals surface area contributed by atoms with Gasteiger partial charge in [0.05, 0.1) is 17.7 Å². The number of nitrogens with zero attached hydrogens (tertiary/aromatic N) is 2. The summed E-state index contributed by atoms with van der Waals surface area (Å²) in [6, 6.07) is 18.8. The van der Waals surface area contributed by atoms with Crippen LogP contribution in [0, 0.1) is 6.92 Å². The lowest BCUT2D eigenvalue weighted by Gasteiger charge is -2.32. The first kappa shape index (κ1) is 30.0. The third kappa shape index (κ3) is 7.52. The van der Waals surface area contributed by atoms with Gasteiger partial charge in [-0.05, 0) is 81.3 Å². The molecule has 1 unspecified atom stereocenters. The highest BCUT2D eigenvalue weighted by molar-refractivity contribution is 7.92. The normalized spacial score (nSPS) is 12.1. The number of rotatable bonds is 11. The summed E-state index contributed by atoms with van der Waals surface area (Å²) in [4.78, 5) is 28.3. The van der Waals surface area contributed by atoms with Crippen molar-refractivity contribution in [1.29, 1.82) is 0 Å². The molecule has 1 N–H and O–H groups in total. The minimum atomic E-state index is -4.14. The number of nitrogens with one attached hydrogen (secondary N) is 1. The smallest absolute Gasteiger partial charge is 0.264 e. The molecule has 2 amide bonds. The molecule has 3 aromatic carbocycles. The molecule has 208 valence electrons. The van der Waals surface area contributed by atoms with Crippen molar-refractivity contribution in [2.24, 2.45) is 0 Å². The van der Waals surface area contributed by atoms with E-state index in [4.69, 9.17) is 16.3 Å². The van der Waals surface area contributed by atoms with Gasteiger partial charge in [0.25, 0.3) is 10.0 Å². The molecule has 0 aliphatic rings. The quantitative estimate of drug-likeness (QED) is 0.357. The molecule has 0 aromatic heterocycles. The Morgan fingerprint density at radius 1 is 0.974 bits per heavy atom. The van der Waals surface area contributed by atoms with E-state index in [-0.39, 0.29) is 23.4 Å². The largest absolute Gasteiger partial charge is 0.497 e. The van der Waals surface area contributed by atoms with Crippen LogP contribution in [0.2, 0.25) is 5.02 Å². The number of methoxy groups -OCH3 is 1. The maximum absolute atomic E-state index is 13.9. The van der Waals surface area contributed by atoms with Crippen LogP contribution in [-0.4, -0.2) is 50.9 Å². The number of benzene rings is 3. The highest BCUT2D eigenvalue weighted by atomic mass is 35.5. The number of ether oxygens (including phenoxy) is 1. The average molecular weight is 572 g/mol. The third-order valence-electron chi connectivity index (χ3n) is 6.15. The van der Waals surface area contributed by atoms with Gasteiger partial charge in [0.15, 0.2) is 0 Å². The summed E-state index contributed by atoms with van der Waals surface area (Å²) >= 11 is 6.14. The summed E-state index contributed by atoms with van der Waals surface area (Å²) in [5.41, 5.74) is 1.66. The second kappa shape index (κ2) is 13.0. The fourth-order valence-corrected chi connectivity index (χ4v) is 5.77.